The summed E-state index contributed by atoms with van der Waals surface area (Å²) in [4.78, 5) is 62.5. The molecule has 12 atom stereocenters. The molecule has 18 heteroatoms. The summed E-state index contributed by atoms with van der Waals surface area (Å²) in [5, 5.41) is 46.2. The van der Waals surface area contributed by atoms with Crippen molar-refractivity contribution in [1.29, 1.82) is 0 Å². The van der Waals surface area contributed by atoms with Crippen LogP contribution in [0.5, 0.6) is 0 Å². The number of halogens is 3. The number of ketones is 2. The third-order valence-corrected chi connectivity index (χ3v) is 18.1. The number of hydrogen-bond acceptors (Lipinski definition) is 15. The Hall–Kier alpha value is -2.29. The number of hydrogen-bond donors (Lipinski definition) is 4. The Morgan fingerprint density at radius 3 is 1.59 bits per heavy atom. The van der Waals surface area contributed by atoms with E-state index in [1.54, 1.807) is 62.5 Å². The molecule has 0 saturated carbocycles. The van der Waals surface area contributed by atoms with Gasteiger partial charge in [0, 0.05) is 61.9 Å². The Kier molecular flexibility index (Phi) is 26.5. The quantitative estimate of drug-likeness (QED) is 0.0614. The van der Waals surface area contributed by atoms with Crippen molar-refractivity contribution >= 4 is 128 Å². The van der Waals surface area contributed by atoms with Gasteiger partial charge in [-0.25, -0.2) is 9.97 Å². The monoisotopic (exact) mass is 1450 g/mol. The molecule has 2 aromatic carbocycles. The lowest BCUT2D eigenvalue weighted by atomic mass is 9.71. The molecule has 2 aromatic heterocycles. The van der Waals surface area contributed by atoms with Crippen molar-refractivity contribution in [3.8, 4) is 0 Å². The average molecular weight is 1450 g/mol. The van der Waals surface area contributed by atoms with Crippen molar-refractivity contribution in [3.05, 3.63) is 94.5 Å². The predicted octanol–water partition coefficient (Wildman–Crippen LogP) is 14.1. The zero-order chi connectivity index (χ0) is 57.2. The van der Waals surface area contributed by atoms with Gasteiger partial charge in [-0.05, 0) is 120 Å². The topological polar surface area (TPSA) is 206 Å². The Morgan fingerprint density at radius 1 is 0.692 bits per heavy atom. The third-order valence-electron chi connectivity index (χ3n) is 16.2. The summed E-state index contributed by atoms with van der Waals surface area (Å²) in [7, 11) is 0. The molecule has 0 aliphatic carbocycles. The van der Waals surface area contributed by atoms with Gasteiger partial charge in [0.05, 0.1) is 90.2 Å². The maximum absolute atomic E-state index is 13.6. The summed E-state index contributed by atoms with van der Waals surface area (Å²) in [5.41, 5.74) is 1.78. The average Bonchev–Trinajstić information content (AvgIpc) is 3.62. The molecule has 432 valence electrons. The van der Waals surface area contributed by atoms with E-state index in [-0.39, 0.29) is 71.9 Å². The van der Waals surface area contributed by atoms with Crippen molar-refractivity contribution in [1.82, 2.24) is 9.97 Å². The Balaban J connectivity index is 0.000000322. The van der Waals surface area contributed by atoms with Gasteiger partial charge in [0.2, 0.25) is 0 Å². The lowest BCUT2D eigenvalue weighted by Gasteiger charge is -2.35. The number of aryl methyl sites for hydroxylation is 2. The molecule has 13 nitrogen and oxygen atoms in total. The summed E-state index contributed by atoms with van der Waals surface area (Å²) in [6.07, 6.45) is 5.81. The van der Waals surface area contributed by atoms with Crippen molar-refractivity contribution < 1.29 is 53.8 Å². The van der Waals surface area contributed by atoms with E-state index >= 15 is 0 Å². The minimum Gasteiger partial charge on any atom is -0.457 e. The summed E-state index contributed by atoms with van der Waals surface area (Å²) in [6.45, 7) is 26.0. The number of epoxide rings is 1. The standard InChI is InChI=1S/C30H41NO6S.C30H41NO5S.I2.HI/c1-7-9-20-27(34)17(2)10-8-13-30(6)25(37-30)15-22(19-11-12-23-21(14-19)31-18(3)38-23)36-26(33)16-24(32)29(4,5)28(20)35;1-7-9-22-28(34)19(3)11-8-10-18(2)12-14-24(21-13-15-25-23(16-21)31-20(4)37-25)36-27(33)17-26(32)30(5,6)29(22)35;1-2;/h7,11-12,14,17,20,22,24-25,27,32,34H,1,8-10,13,15-16H2,2-6H3;7,12-13,15-16,19,22,24,26,28,32,34H,1,8-11,14,17H2,2-6H3;;1H/b;18-12-;;/t17-,20+,22?,24-,25-,27?,30+;19-,22+,24?,26-,28?;;/m00../s1. The van der Waals surface area contributed by atoms with Crippen LogP contribution in [0.2, 0.25) is 0 Å². The first-order chi connectivity index (χ1) is 36.3. The second kappa shape index (κ2) is 30.3. The minimum absolute atomic E-state index is 0. The number of aliphatic hydroxyl groups excluding tert-OH is 4. The van der Waals surface area contributed by atoms with E-state index in [4.69, 9.17) is 14.2 Å². The van der Waals surface area contributed by atoms with Crippen molar-refractivity contribution in [3.63, 3.8) is 0 Å². The third kappa shape index (κ3) is 17.6. The highest BCUT2D eigenvalue weighted by atomic mass is 128. The number of thiazole rings is 2. The lowest BCUT2D eigenvalue weighted by molar-refractivity contribution is -0.158. The zero-order valence-electron chi connectivity index (χ0n) is 47.0. The summed E-state index contributed by atoms with van der Waals surface area (Å²) < 4.78 is 20.1. The van der Waals surface area contributed by atoms with Crippen LogP contribution >= 0.6 is 83.9 Å². The maximum Gasteiger partial charge on any atom is 0.309 e. The molecule has 0 amide bonds. The smallest absolute Gasteiger partial charge is 0.309 e. The summed E-state index contributed by atoms with van der Waals surface area (Å²) >= 11 is 7.47. The maximum atomic E-state index is 13.6. The Bertz CT molecular complexity index is 2720. The molecule has 0 spiro atoms. The fraction of sp³-hybridized carbons (Fsp3) is 0.600. The molecule has 3 aliphatic heterocycles. The molecule has 78 heavy (non-hydrogen) atoms. The molecule has 4 aromatic rings. The zero-order valence-corrected chi connectivity index (χ0v) is 55.2. The molecular weight excluding hydrogens is 1370 g/mol. The molecule has 4 N–H and O–H groups in total. The fourth-order valence-electron chi connectivity index (χ4n) is 10.7. The summed E-state index contributed by atoms with van der Waals surface area (Å²) in [6, 6.07) is 11.8. The molecule has 2 saturated heterocycles. The van der Waals surface area contributed by atoms with E-state index in [1.165, 1.54) is 5.57 Å². The number of aliphatic hydroxyl groups is 4. The number of nitrogens with zero attached hydrogens (tertiary/aromatic N) is 2. The number of benzene rings is 2. The Morgan fingerprint density at radius 2 is 1.13 bits per heavy atom. The van der Waals surface area contributed by atoms with Crippen LogP contribution in [0, 0.1) is 48.3 Å². The number of carbonyl (C=O) groups excluding carboxylic acids is 4. The van der Waals surface area contributed by atoms with Gasteiger partial charge in [-0.2, -0.15) is 0 Å². The number of cyclic esters (lactones) is 2. The first-order valence-electron chi connectivity index (χ1n) is 26.9. The van der Waals surface area contributed by atoms with Gasteiger partial charge in [0.25, 0.3) is 0 Å². The molecule has 0 radical (unpaired) electrons. The van der Waals surface area contributed by atoms with Crippen LogP contribution < -0.4 is 0 Å². The van der Waals surface area contributed by atoms with Gasteiger partial charge >= 0.3 is 11.9 Å². The number of allylic oxidation sites excluding steroid dienone is 3. The van der Waals surface area contributed by atoms with Crippen LogP contribution in [0.25, 0.3) is 20.4 Å². The molecule has 3 aliphatic rings. The van der Waals surface area contributed by atoms with Crippen LogP contribution in [0.4, 0.5) is 0 Å². The normalized spacial score (nSPS) is 31.3. The largest absolute Gasteiger partial charge is 0.457 e. The second-order valence-corrected chi connectivity index (χ2v) is 25.4. The number of aromatic nitrogens is 2. The molecule has 0 bridgehead atoms. The lowest BCUT2D eigenvalue weighted by Crippen LogP contribution is -2.46. The van der Waals surface area contributed by atoms with Gasteiger partial charge in [-0.15, -0.1) is 59.8 Å². The van der Waals surface area contributed by atoms with Gasteiger partial charge < -0.3 is 34.6 Å². The van der Waals surface area contributed by atoms with Gasteiger partial charge in [0.1, 0.15) is 23.8 Å². The van der Waals surface area contributed by atoms with Gasteiger partial charge in [0.15, 0.2) is 0 Å². The number of ether oxygens (including phenoxy) is 3. The van der Waals surface area contributed by atoms with Crippen LogP contribution in [0.3, 0.4) is 0 Å². The number of fused-ring (bicyclic) bond motifs is 3. The van der Waals surface area contributed by atoms with E-state index in [1.807, 2.05) is 64.1 Å². The molecule has 7 rings (SSSR count). The molecule has 5 heterocycles. The minimum atomic E-state index is -1.27. The van der Waals surface area contributed by atoms with Crippen LogP contribution in [-0.2, 0) is 33.4 Å². The highest BCUT2D eigenvalue weighted by Gasteiger charge is 2.53. The fourth-order valence-corrected chi connectivity index (χ4v) is 12.4. The highest BCUT2D eigenvalue weighted by Crippen LogP contribution is 2.47. The van der Waals surface area contributed by atoms with E-state index in [9.17, 15) is 39.6 Å². The first kappa shape index (κ1) is 68.2. The first-order valence-corrected chi connectivity index (χ1v) is 34.8. The van der Waals surface area contributed by atoms with E-state index < -0.39 is 71.2 Å². The molecule has 2 fully saturated rings. The van der Waals surface area contributed by atoms with E-state index in [0.29, 0.717) is 25.7 Å². The number of esters is 2. The SMILES string of the molecule is C=CC[C@H]1C(=O)C(C)(C)[C@@H](O)CC(=O)OC(c2ccc3sc(C)nc3c2)C/C=C(/C)CCC[C@H](C)C1O.C=CC[C@H]1C(=O)C(C)(C)[C@@H](O)CC(=O)OC(c2ccc3sc(C)nc3c2)C[C@@H]2O[C@]2(C)CCC[C@H](C)C1O.I.II. The second-order valence-electron chi connectivity index (χ2n) is 22.9. The van der Waals surface area contributed by atoms with Crippen LogP contribution in [0.1, 0.15) is 166 Å². The van der Waals surface area contributed by atoms with Gasteiger partial charge in [-0.1, -0.05) is 83.9 Å². The van der Waals surface area contributed by atoms with E-state index in [2.05, 4.69) is 80.3 Å². The van der Waals surface area contributed by atoms with Crippen molar-refractivity contribution in [2.75, 3.05) is 0 Å². The van der Waals surface area contributed by atoms with E-state index in [0.717, 1.165) is 80.1 Å². The van der Waals surface area contributed by atoms with Gasteiger partial charge in [-0.3, -0.25) is 19.2 Å². The number of rotatable bonds is 6. The van der Waals surface area contributed by atoms with Crippen LogP contribution in [-0.4, -0.2) is 90.0 Å². The van der Waals surface area contributed by atoms with Crippen LogP contribution in [0.15, 0.2) is 73.4 Å². The highest BCUT2D eigenvalue weighted by molar-refractivity contribution is 15.0. The molecule has 4 unspecified atom stereocenters. The van der Waals surface area contributed by atoms with Crippen molar-refractivity contribution in [2.24, 2.45) is 34.5 Å². The number of Topliss-reactive ketones (excluding diaryl/α,β-unsaturated/α-hetero) is 2. The number of carbonyl (C=O) groups is 4. The Labute approximate surface area is 510 Å². The van der Waals surface area contributed by atoms with Crippen molar-refractivity contribution in [2.45, 2.75) is 195 Å². The summed E-state index contributed by atoms with van der Waals surface area (Å²) in [5.74, 6) is -3.30. The predicted molar refractivity (Wildman–Crippen MR) is 340 cm³/mol. The molecular formula is C60H83I3N2O11S2.